The number of hydrogen-bond donors (Lipinski definition) is 2. The molecule has 116 valence electrons. The van der Waals surface area contributed by atoms with Gasteiger partial charge < -0.3 is 15.2 Å². The summed E-state index contributed by atoms with van der Waals surface area (Å²) in [4.78, 5) is 11.1. The molecule has 0 bridgehead atoms. The fourth-order valence-electron chi connectivity index (χ4n) is 2.97. The van der Waals surface area contributed by atoms with E-state index in [4.69, 9.17) is 9.84 Å². The molecule has 21 heavy (non-hydrogen) atoms. The molecule has 4 nitrogen and oxygen atoms in total. The Morgan fingerprint density at radius 1 is 1.29 bits per heavy atom. The van der Waals surface area contributed by atoms with Gasteiger partial charge in [-0.1, -0.05) is 25.5 Å². The van der Waals surface area contributed by atoms with Crippen molar-refractivity contribution in [1.29, 1.82) is 0 Å². The first kappa shape index (κ1) is 15.8. The van der Waals surface area contributed by atoms with Crippen LogP contribution in [0.5, 0.6) is 5.75 Å². The van der Waals surface area contributed by atoms with E-state index in [9.17, 15) is 4.79 Å². The third kappa shape index (κ3) is 4.74. The van der Waals surface area contributed by atoms with Crippen LogP contribution in [0.4, 0.5) is 0 Å². The molecule has 1 aromatic carbocycles. The predicted octanol–water partition coefficient (Wildman–Crippen LogP) is 3.32. The first-order valence-corrected chi connectivity index (χ1v) is 7.89. The van der Waals surface area contributed by atoms with Crippen LogP contribution in [-0.2, 0) is 0 Å². The van der Waals surface area contributed by atoms with Crippen LogP contribution in [0.3, 0.4) is 0 Å². The van der Waals surface area contributed by atoms with Gasteiger partial charge in [0.1, 0.15) is 17.9 Å². The van der Waals surface area contributed by atoms with Gasteiger partial charge in [-0.15, -0.1) is 0 Å². The van der Waals surface area contributed by atoms with E-state index in [0.717, 1.165) is 12.5 Å². The van der Waals surface area contributed by atoms with Crippen LogP contribution in [-0.4, -0.2) is 30.3 Å². The molecule has 0 heterocycles. The highest BCUT2D eigenvalue weighted by Crippen LogP contribution is 2.26. The van der Waals surface area contributed by atoms with Gasteiger partial charge in [0.05, 0.1) is 0 Å². The SMILES string of the molecule is CCC1CCC(NCCOc2ccccc2C(=O)O)CC1. The fourth-order valence-corrected chi connectivity index (χ4v) is 2.97. The van der Waals surface area contributed by atoms with E-state index in [1.807, 2.05) is 0 Å². The Morgan fingerprint density at radius 3 is 2.67 bits per heavy atom. The molecule has 0 unspecified atom stereocenters. The fraction of sp³-hybridized carbons (Fsp3) is 0.588. The number of para-hydroxylation sites is 1. The summed E-state index contributed by atoms with van der Waals surface area (Å²) in [7, 11) is 0. The van der Waals surface area contributed by atoms with E-state index in [0.29, 0.717) is 18.4 Å². The predicted molar refractivity (Wildman–Crippen MR) is 82.9 cm³/mol. The highest BCUT2D eigenvalue weighted by molar-refractivity contribution is 5.90. The molecule has 1 aromatic rings. The molecule has 0 spiro atoms. The second kappa shape index (κ2) is 8.03. The summed E-state index contributed by atoms with van der Waals surface area (Å²) in [6.45, 7) is 3.53. The Morgan fingerprint density at radius 2 is 2.00 bits per heavy atom. The van der Waals surface area contributed by atoms with E-state index >= 15 is 0 Å². The van der Waals surface area contributed by atoms with E-state index in [-0.39, 0.29) is 5.56 Å². The molecule has 4 heteroatoms. The minimum atomic E-state index is -0.948. The second-order valence-corrected chi connectivity index (χ2v) is 5.73. The zero-order chi connectivity index (χ0) is 15.1. The van der Waals surface area contributed by atoms with E-state index in [1.165, 1.54) is 32.1 Å². The summed E-state index contributed by atoms with van der Waals surface area (Å²) in [6.07, 6.45) is 6.41. The number of ether oxygens (including phenoxy) is 1. The summed E-state index contributed by atoms with van der Waals surface area (Å²) in [5.41, 5.74) is 0.223. The van der Waals surface area contributed by atoms with Gasteiger partial charge in [-0.3, -0.25) is 0 Å². The Balaban J connectivity index is 1.70. The number of rotatable bonds is 7. The minimum absolute atomic E-state index is 0.223. The minimum Gasteiger partial charge on any atom is -0.491 e. The largest absolute Gasteiger partial charge is 0.491 e. The first-order valence-electron chi connectivity index (χ1n) is 7.89. The van der Waals surface area contributed by atoms with Gasteiger partial charge in [0.2, 0.25) is 0 Å². The maximum Gasteiger partial charge on any atom is 0.339 e. The van der Waals surface area contributed by atoms with Crippen molar-refractivity contribution in [2.24, 2.45) is 5.92 Å². The Labute approximate surface area is 126 Å². The van der Waals surface area contributed by atoms with Crippen LogP contribution in [0.15, 0.2) is 24.3 Å². The summed E-state index contributed by atoms with van der Waals surface area (Å²) in [5, 5.41) is 12.6. The van der Waals surface area contributed by atoms with Crippen molar-refractivity contribution in [3.63, 3.8) is 0 Å². The number of carbonyl (C=O) groups is 1. The summed E-state index contributed by atoms with van der Waals surface area (Å²) >= 11 is 0. The maximum absolute atomic E-state index is 11.1. The standard InChI is InChI=1S/C17H25NO3/c1-2-13-7-9-14(10-8-13)18-11-12-21-16-6-4-3-5-15(16)17(19)20/h3-6,13-14,18H,2,7-12H2,1H3,(H,19,20). The number of aromatic carboxylic acids is 1. The van der Waals surface area contributed by atoms with Gasteiger partial charge in [-0.25, -0.2) is 4.79 Å². The Hall–Kier alpha value is -1.55. The molecule has 0 atom stereocenters. The molecule has 0 radical (unpaired) electrons. The summed E-state index contributed by atoms with van der Waals surface area (Å²) in [5.74, 6) is 0.402. The molecule has 0 saturated heterocycles. The van der Waals surface area contributed by atoms with Crippen molar-refractivity contribution in [2.45, 2.75) is 45.1 Å². The smallest absolute Gasteiger partial charge is 0.339 e. The molecule has 0 aromatic heterocycles. The molecule has 0 aliphatic heterocycles. The Bertz CT molecular complexity index is 453. The summed E-state index contributed by atoms with van der Waals surface area (Å²) in [6, 6.07) is 7.36. The number of hydrogen-bond acceptors (Lipinski definition) is 3. The van der Waals surface area contributed by atoms with Crippen molar-refractivity contribution in [2.75, 3.05) is 13.2 Å². The molecule has 0 amide bonds. The van der Waals surface area contributed by atoms with Gasteiger partial charge in [0.25, 0.3) is 0 Å². The highest BCUT2D eigenvalue weighted by atomic mass is 16.5. The lowest BCUT2D eigenvalue weighted by molar-refractivity contribution is 0.0692. The van der Waals surface area contributed by atoms with Gasteiger partial charge in [-0.05, 0) is 43.7 Å². The lowest BCUT2D eigenvalue weighted by Crippen LogP contribution is -2.35. The monoisotopic (exact) mass is 291 g/mol. The van der Waals surface area contributed by atoms with Gasteiger partial charge >= 0.3 is 5.97 Å². The molecular weight excluding hydrogens is 266 g/mol. The third-order valence-electron chi connectivity index (χ3n) is 4.33. The summed E-state index contributed by atoms with van der Waals surface area (Å²) < 4.78 is 5.59. The quantitative estimate of drug-likeness (QED) is 0.757. The second-order valence-electron chi connectivity index (χ2n) is 5.73. The topological polar surface area (TPSA) is 58.6 Å². The lowest BCUT2D eigenvalue weighted by atomic mass is 9.84. The zero-order valence-electron chi connectivity index (χ0n) is 12.7. The number of carboxylic acids is 1. The zero-order valence-corrected chi connectivity index (χ0v) is 12.7. The first-order chi connectivity index (χ1) is 10.2. The molecule has 1 aliphatic rings. The van der Waals surface area contributed by atoms with Crippen LogP contribution in [0.25, 0.3) is 0 Å². The van der Waals surface area contributed by atoms with Crippen molar-refractivity contribution in [1.82, 2.24) is 5.32 Å². The van der Waals surface area contributed by atoms with E-state index in [2.05, 4.69) is 12.2 Å². The number of nitrogens with one attached hydrogen (secondary N) is 1. The molecule has 1 fully saturated rings. The van der Waals surface area contributed by atoms with Crippen molar-refractivity contribution in [3.8, 4) is 5.75 Å². The number of carboxylic acid groups (broad SMARTS) is 1. The Kier molecular flexibility index (Phi) is 6.05. The van der Waals surface area contributed by atoms with Crippen LogP contribution >= 0.6 is 0 Å². The number of benzene rings is 1. The molecule has 2 N–H and O–H groups in total. The van der Waals surface area contributed by atoms with Crippen LogP contribution in [0, 0.1) is 5.92 Å². The van der Waals surface area contributed by atoms with Crippen molar-refractivity contribution in [3.05, 3.63) is 29.8 Å². The molecule has 1 saturated carbocycles. The highest BCUT2D eigenvalue weighted by Gasteiger charge is 2.19. The normalized spacial score (nSPS) is 22.0. The van der Waals surface area contributed by atoms with Crippen LogP contribution in [0.2, 0.25) is 0 Å². The molecule has 1 aliphatic carbocycles. The van der Waals surface area contributed by atoms with Crippen LogP contribution < -0.4 is 10.1 Å². The van der Waals surface area contributed by atoms with Gasteiger partial charge in [0.15, 0.2) is 0 Å². The molecule has 2 rings (SSSR count). The maximum atomic E-state index is 11.1. The third-order valence-corrected chi connectivity index (χ3v) is 4.33. The van der Waals surface area contributed by atoms with E-state index < -0.39 is 5.97 Å². The average molecular weight is 291 g/mol. The van der Waals surface area contributed by atoms with Crippen molar-refractivity contribution < 1.29 is 14.6 Å². The lowest BCUT2D eigenvalue weighted by Gasteiger charge is -2.28. The van der Waals surface area contributed by atoms with E-state index in [1.54, 1.807) is 24.3 Å². The average Bonchev–Trinajstić information content (AvgIpc) is 2.52. The van der Waals surface area contributed by atoms with Gasteiger partial charge in [0, 0.05) is 12.6 Å². The van der Waals surface area contributed by atoms with Gasteiger partial charge in [-0.2, -0.15) is 0 Å². The van der Waals surface area contributed by atoms with Crippen molar-refractivity contribution >= 4 is 5.97 Å². The van der Waals surface area contributed by atoms with Crippen LogP contribution in [0.1, 0.15) is 49.4 Å². The molecular formula is C17H25NO3.